The quantitative estimate of drug-likeness (QED) is 0.670. The molecule has 1 amide bonds. The Hall–Kier alpha value is -1.00. The maximum Gasteiger partial charge on any atom is 0.282 e. The summed E-state index contributed by atoms with van der Waals surface area (Å²) in [6.07, 6.45) is 5.30. The Balaban J connectivity index is 1.50. The summed E-state index contributed by atoms with van der Waals surface area (Å²) in [6.45, 7) is 4.18. The number of nitrogens with zero attached hydrogens (tertiary/aromatic N) is 3. The molecule has 0 aromatic heterocycles. The van der Waals surface area contributed by atoms with Gasteiger partial charge in [0.2, 0.25) is 5.91 Å². The third-order valence-electron chi connectivity index (χ3n) is 5.94. The first-order chi connectivity index (χ1) is 13.8. The van der Waals surface area contributed by atoms with Gasteiger partial charge in [-0.1, -0.05) is 35.2 Å². The van der Waals surface area contributed by atoms with Gasteiger partial charge in [0.25, 0.3) is 10.2 Å². The molecule has 162 valence electrons. The van der Waals surface area contributed by atoms with Gasteiger partial charge < -0.3 is 5.32 Å². The van der Waals surface area contributed by atoms with E-state index in [9.17, 15) is 13.2 Å². The van der Waals surface area contributed by atoms with E-state index in [0.717, 1.165) is 41.4 Å². The highest BCUT2D eigenvalue weighted by molar-refractivity contribution is 9.10. The molecule has 7 nitrogen and oxygen atoms in total. The lowest BCUT2D eigenvalue weighted by atomic mass is 9.96. The molecule has 1 aromatic rings. The number of benzene rings is 1. The lowest BCUT2D eigenvalue weighted by molar-refractivity contribution is -0.117. The van der Waals surface area contributed by atoms with Gasteiger partial charge in [0.15, 0.2) is 0 Å². The summed E-state index contributed by atoms with van der Waals surface area (Å²) in [6, 6.07) is 5.85. The Bertz CT molecular complexity index is 819. The van der Waals surface area contributed by atoms with Gasteiger partial charge in [-0.3, -0.25) is 9.69 Å². The third-order valence-corrected chi connectivity index (χ3v) is 8.48. The van der Waals surface area contributed by atoms with Crippen LogP contribution in [0.15, 0.2) is 22.7 Å². The number of carbonyl (C=O) groups excluding carboxylic acids is 1. The molecule has 2 aliphatic rings. The first-order valence-corrected chi connectivity index (χ1v) is 12.5. The van der Waals surface area contributed by atoms with Crippen molar-refractivity contribution in [3.05, 3.63) is 28.2 Å². The number of anilines is 1. The van der Waals surface area contributed by atoms with Gasteiger partial charge in [-0.05, 0) is 43.5 Å². The Kier molecular flexibility index (Phi) is 7.72. The third kappa shape index (κ3) is 5.79. The molecule has 1 saturated heterocycles. The molecular weight excluding hydrogens is 456 g/mol. The summed E-state index contributed by atoms with van der Waals surface area (Å²) in [5.74, 6) is -0.0777. The number of amides is 1. The molecule has 1 N–H and O–H groups in total. The molecule has 0 spiro atoms. The molecule has 1 heterocycles. The van der Waals surface area contributed by atoms with Crippen molar-refractivity contribution < 1.29 is 13.2 Å². The van der Waals surface area contributed by atoms with E-state index in [1.807, 2.05) is 30.0 Å². The molecule has 0 unspecified atom stereocenters. The van der Waals surface area contributed by atoms with Gasteiger partial charge in [-0.25, -0.2) is 0 Å². The fourth-order valence-corrected chi connectivity index (χ4v) is 6.15. The van der Waals surface area contributed by atoms with E-state index in [1.165, 1.54) is 6.42 Å². The van der Waals surface area contributed by atoms with Crippen LogP contribution in [0.1, 0.15) is 37.7 Å². The zero-order valence-corrected chi connectivity index (χ0v) is 19.6. The number of hydrogen-bond acceptors (Lipinski definition) is 4. The molecule has 2 fully saturated rings. The van der Waals surface area contributed by atoms with Crippen molar-refractivity contribution in [3.8, 4) is 0 Å². The molecular formula is C20H31BrN4O3S. The van der Waals surface area contributed by atoms with Crippen LogP contribution in [0.4, 0.5) is 5.69 Å². The van der Waals surface area contributed by atoms with Gasteiger partial charge in [0.1, 0.15) is 0 Å². The highest BCUT2D eigenvalue weighted by atomic mass is 79.9. The second-order valence-corrected chi connectivity index (χ2v) is 10.9. The first kappa shape index (κ1) is 22.7. The Morgan fingerprint density at radius 2 is 1.83 bits per heavy atom. The lowest BCUT2D eigenvalue weighted by Gasteiger charge is -2.38. The van der Waals surface area contributed by atoms with Crippen molar-refractivity contribution in [2.45, 2.75) is 45.1 Å². The van der Waals surface area contributed by atoms with Gasteiger partial charge >= 0.3 is 0 Å². The zero-order chi connectivity index (χ0) is 21.0. The Labute approximate surface area is 182 Å². The number of rotatable bonds is 6. The fourth-order valence-electron chi connectivity index (χ4n) is 4.09. The van der Waals surface area contributed by atoms with Crippen LogP contribution >= 0.6 is 15.9 Å². The van der Waals surface area contributed by atoms with Gasteiger partial charge in [0, 0.05) is 49.4 Å². The highest BCUT2D eigenvalue weighted by Crippen LogP contribution is 2.25. The minimum absolute atomic E-state index is 0.0777. The Morgan fingerprint density at radius 1 is 1.17 bits per heavy atom. The van der Waals surface area contributed by atoms with Crippen LogP contribution in [0.2, 0.25) is 0 Å². The van der Waals surface area contributed by atoms with Crippen LogP contribution in [0.3, 0.4) is 0 Å². The number of aryl methyl sites for hydroxylation is 1. The van der Waals surface area contributed by atoms with Gasteiger partial charge in [0.05, 0.1) is 6.54 Å². The van der Waals surface area contributed by atoms with E-state index < -0.39 is 10.2 Å². The average Bonchev–Trinajstić information content (AvgIpc) is 2.70. The molecule has 1 aliphatic heterocycles. The monoisotopic (exact) mass is 486 g/mol. The maximum atomic E-state index is 13.0. The molecule has 1 saturated carbocycles. The van der Waals surface area contributed by atoms with Crippen molar-refractivity contribution in [1.82, 2.24) is 13.5 Å². The summed E-state index contributed by atoms with van der Waals surface area (Å²) in [7, 11) is -1.72. The minimum Gasteiger partial charge on any atom is -0.325 e. The van der Waals surface area contributed by atoms with E-state index in [4.69, 9.17) is 0 Å². The first-order valence-electron chi connectivity index (χ1n) is 10.3. The van der Waals surface area contributed by atoms with Gasteiger partial charge in [-0.15, -0.1) is 0 Å². The largest absolute Gasteiger partial charge is 0.325 e. The van der Waals surface area contributed by atoms with Crippen LogP contribution in [-0.4, -0.2) is 73.6 Å². The summed E-state index contributed by atoms with van der Waals surface area (Å²) in [5.41, 5.74) is 1.79. The normalized spacial score (nSPS) is 20.1. The lowest BCUT2D eigenvalue weighted by Crippen LogP contribution is -2.55. The van der Waals surface area contributed by atoms with Crippen LogP contribution < -0.4 is 5.32 Å². The second kappa shape index (κ2) is 9.87. The smallest absolute Gasteiger partial charge is 0.282 e. The van der Waals surface area contributed by atoms with Crippen LogP contribution in [0.5, 0.6) is 0 Å². The maximum absolute atomic E-state index is 13.0. The van der Waals surface area contributed by atoms with Crippen molar-refractivity contribution in [1.29, 1.82) is 0 Å². The van der Waals surface area contributed by atoms with Gasteiger partial charge in [-0.2, -0.15) is 17.0 Å². The van der Waals surface area contributed by atoms with E-state index in [-0.39, 0.29) is 18.5 Å². The number of halogens is 1. The van der Waals surface area contributed by atoms with Crippen LogP contribution in [0, 0.1) is 6.92 Å². The summed E-state index contributed by atoms with van der Waals surface area (Å²) < 4.78 is 30.1. The van der Waals surface area contributed by atoms with E-state index in [0.29, 0.717) is 26.2 Å². The van der Waals surface area contributed by atoms with E-state index in [1.54, 1.807) is 15.7 Å². The average molecular weight is 487 g/mol. The van der Waals surface area contributed by atoms with Crippen molar-refractivity contribution in [3.63, 3.8) is 0 Å². The predicted molar refractivity (Wildman–Crippen MR) is 119 cm³/mol. The molecule has 29 heavy (non-hydrogen) atoms. The fraction of sp³-hybridized carbons (Fsp3) is 0.650. The highest BCUT2D eigenvalue weighted by Gasteiger charge is 2.34. The molecule has 0 radical (unpaired) electrons. The topological polar surface area (TPSA) is 73.0 Å². The number of piperazine rings is 1. The van der Waals surface area contributed by atoms with Crippen molar-refractivity contribution in [2.75, 3.05) is 45.1 Å². The molecule has 0 atom stereocenters. The Morgan fingerprint density at radius 3 is 2.45 bits per heavy atom. The number of nitrogens with one attached hydrogen (secondary N) is 1. The molecule has 9 heteroatoms. The second-order valence-electron chi connectivity index (χ2n) is 8.00. The molecule has 3 rings (SSSR count). The standard InChI is InChI=1S/C20H31BrN4O3S/c1-16-14-17(21)8-9-19(16)22-20(26)15-24-10-12-25(13-11-24)29(27,28)23(2)18-6-4-3-5-7-18/h8-9,14,18H,3-7,10-13,15H2,1-2H3,(H,22,26). The molecule has 0 bridgehead atoms. The van der Waals surface area contributed by atoms with Crippen LogP contribution in [0.25, 0.3) is 0 Å². The minimum atomic E-state index is -3.44. The molecule has 1 aliphatic carbocycles. The molecule has 1 aromatic carbocycles. The SMILES string of the molecule is Cc1cc(Br)ccc1NC(=O)CN1CCN(S(=O)(=O)N(C)C2CCCCC2)CC1. The van der Waals surface area contributed by atoms with Crippen LogP contribution in [-0.2, 0) is 15.0 Å². The number of carbonyl (C=O) groups is 1. The number of hydrogen-bond donors (Lipinski definition) is 1. The van der Waals surface area contributed by atoms with Crippen molar-refractivity contribution >= 4 is 37.7 Å². The van der Waals surface area contributed by atoms with E-state index >= 15 is 0 Å². The summed E-state index contributed by atoms with van der Waals surface area (Å²) in [5, 5.41) is 2.95. The predicted octanol–water partition coefficient (Wildman–Crippen LogP) is 2.82. The van der Waals surface area contributed by atoms with E-state index in [2.05, 4.69) is 21.2 Å². The summed E-state index contributed by atoms with van der Waals surface area (Å²) in [4.78, 5) is 14.4. The summed E-state index contributed by atoms with van der Waals surface area (Å²) >= 11 is 3.42. The zero-order valence-electron chi connectivity index (χ0n) is 17.2. The van der Waals surface area contributed by atoms with Crippen molar-refractivity contribution in [2.24, 2.45) is 0 Å².